The van der Waals surface area contributed by atoms with E-state index in [1.54, 1.807) is 43.0 Å². The number of hydrogen-bond acceptors (Lipinski definition) is 6. The number of hydrogen-bond donors (Lipinski definition) is 1. The fourth-order valence-corrected chi connectivity index (χ4v) is 7.06. The van der Waals surface area contributed by atoms with Crippen molar-refractivity contribution >= 4 is 27.7 Å². The maximum Gasteiger partial charge on any atom is 0.264 e. The molecule has 0 unspecified atom stereocenters. The second-order valence-corrected chi connectivity index (χ2v) is 13.0. The minimum Gasteiger partial charge on any atom is -0.337 e. The number of halogens is 2. The van der Waals surface area contributed by atoms with Crippen molar-refractivity contribution in [1.29, 1.82) is 0 Å². The van der Waals surface area contributed by atoms with Crippen LogP contribution >= 0.6 is 0 Å². The molecule has 42 heavy (non-hydrogen) atoms. The molecule has 0 bridgehead atoms. The SMILES string of the molecule is CCc1cc(CN2C(=O)C3(CCCC3)N=C2CCC(C)(F)F)ccc1-c1ccccc1S(=O)(=O)Nc1onc(C)c1C. The smallest absolute Gasteiger partial charge is 0.264 e. The number of aromatic nitrogens is 1. The van der Waals surface area contributed by atoms with E-state index in [2.05, 4.69) is 9.88 Å². The van der Waals surface area contributed by atoms with Crippen LogP contribution in [0.5, 0.6) is 0 Å². The van der Waals surface area contributed by atoms with E-state index in [-0.39, 0.29) is 36.1 Å². The Morgan fingerprint density at radius 1 is 1.10 bits per heavy atom. The molecule has 2 aliphatic rings. The average Bonchev–Trinajstić information content (AvgIpc) is 3.62. The molecule has 1 aliphatic heterocycles. The summed E-state index contributed by atoms with van der Waals surface area (Å²) in [5, 5.41) is 3.84. The molecule has 1 aromatic heterocycles. The first-order valence-electron chi connectivity index (χ1n) is 14.3. The van der Waals surface area contributed by atoms with Crippen molar-refractivity contribution in [3.8, 4) is 11.1 Å². The van der Waals surface area contributed by atoms with Crippen molar-refractivity contribution in [2.75, 3.05) is 4.72 Å². The van der Waals surface area contributed by atoms with Crippen LogP contribution in [0.1, 0.15) is 74.8 Å². The van der Waals surface area contributed by atoms with Crippen LogP contribution in [0.2, 0.25) is 0 Å². The molecule has 1 amide bonds. The van der Waals surface area contributed by atoms with E-state index in [0.29, 0.717) is 41.9 Å². The van der Waals surface area contributed by atoms with E-state index >= 15 is 0 Å². The third-order valence-corrected chi connectivity index (χ3v) is 9.65. The zero-order chi connectivity index (χ0) is 30.3. The molecule has 0 radical (unpaired) electrons. The summed E-state index contributed by atoms with van der Waals surface area (Å²) in [7, 11) is -4.01. The molecule has 224 valence electrons. The summed E-state index contributed by atoms with van der Waals surface area (Å²) >= 11 is 0. The number of aryl methyl sites for hydroxylation is 2. The van der Waals surface area contributed by atoms with Gasteiger partial charge in [0.15, 0.2) is 0 Å². The Hall–Kier alpha value is -3.60. The zero-order valence-electron chi connectivity index (χ0n) is 24.3. The summed E-state index contributed by atoms with van der Waals surface area (Å²) < 4.78 is 62.1. The second kappa shape index (κ2) is 11.2. The Kier molecular flexibility index (Phi) is 8.00. The fourth-order valence-electron chi connectivity index (χ4n) is 5.79. The Bertz CT molecular complexity index is 1640. The molecule has 1 N–H and O–H groups in total. The molecule has 1 fully saturated rings. The molecule has 1 saturated carbocycles. The number of sulfonamides is 1. The highest BCUT2D eigenvalue weighted by Gasteiger charge is 2.49. The van der Waals surface area contributed by atoms with Crippen molar-refractivity contribution in [2.45, 2.75) is 95.5 Å². The van der Waals surface area contributed by atoms with Gasteiger partial charge in [0.05, 0.1) is 17.1 Å². The lowest BCUT2D eigenvalue weighted by atomic mass is 9.95. The molecule has 2 heterocycles. The van der Waals surface area contributed by atoms with Crippen molar-refractivity contribution in [2.24, 2.45) is 4.99 Å². The maximum atomic E-state index is 13.7. The molecular weight excluding hydrogens is 562 g/mol. The molecule has 2 aromatic carbocycles. The zero-order valence-corrected chi connectivity index (χ0v) is 25.2. The lowest BCUT2D eigenvalue weighted by molar-refractivity contribution is -0.131. The lowest BCUT2D eigenvalue weighted by Gasteiger charge is -2.24. The van der Waals surface area contributed by atoms with Crippen molar-refractivity contribution in [3.05, 3.63) is 64.8 Å². The van der Waals surface area contributed by atoms with Crippen LogP contribution in [0.4, 0.5) is 14.7 Å². The topological polar surface area (TPSA) is 105 Å². The predicted octanol–water partition coefficient (Wildman–Crippen LogP) is 6.81. The number of benzene rings is 2. The van der Waals surface area contributed by atoms with Gasteiger partial charge in [-0.05, 0) is 62.8 Å². The van der Waals surface area contributed by atoms with Crippen LogP contribution in [0, 0.1) is 13.8 Å². The molecular formula is C31H36F2N4O4S. The highest BCUT2D eigenvalue weighted by Crippen LogP contribution is 2.41. The van der Waals surface area contributed by atoms with Gasteiger partial charge in [-0.2, -0.15) is 0 Å². The number of carbonyl (C=O) groups is 1. The van der Waals surface area contributed by atoms with Crippen molar-refractivity contribution < 1.29 is 26.5 Å². The quantitative estimate of drug-likeness (QED) is 0.276. The first-order chi connectivity index (χ1) is 19.8. The van der Waals surface area contributed by atoms with Gasteiger partial charge in [-0.1, -0.05) is 61.3 Å². The first kappa shape index (κ1) is 29.9. The number of alkyl halides is 2. The van der Waals surface area contributed by atoms with Crippen LogP contribution in [0.15, 0.2) is 56.9 Å². The van der Waals surface area contributed by atoms with E-state index in [0.717, 1.165) is 36.5 Å². The lowest BCUT2D eigenvalue weighted by Crippen LogP contribution is -2.40. The fraction of sp³-hybridized carbons (Fsp3) is 0.452. The van der Waals surface area contributed by atoms with Crippen molar-refractivity contribution in [3.63, 3.8) is 0 Å². The van der Waals surface area contributed by atoms with Gasteiger partial charge in [-0.15, -0.1) is 0 Å². The maximum absolute atomic E-state index is 13.7. The van der Waals surface area contributed by atoms with Gasteiger partial charge in [-0.25, -0.2) is 21.9 Å². The van der Waals surface area contributed by atoms with Gasteiger partial charge < -0.3 is 4.52 Å². The minimum atomic E-state index is -4.01. The molecule has 11 heteroatoms. The molecule has 0 atom stereocenters. The van der Waals surface area contributed by atoms with Crippen LogP contribution in [0.25, 0.3) is 11.1 Å². The number of carbonyl (C=O) groups excluding carboxylic acids is 1. The second-order valence-electron chi connectivity index (χ2n) is 11.4. The summed E-state index contributed by atoms with van der Waals surface area (Å²) in [4.78, 5) is 20.0. The average molecular weight is 599 g/mol. The molecule has 1 spiro atoms. The Balaban J connectivity index is 1.45. The molecule has 1 aliphatic carbocycles. The number of aliphatic imine (C=N–C) groups is 1. The molecule has 5 rings (SSSR count). The summed E-state index contributed by atoms with van der Waals surface area (Å²) in [5.41, 5.74) is 3.35. The molecule has 8 nitrogen and oxygen atoms in total. The van der Waals surface area contributed by atoms with Gasteiger partial charge in [0.25, 0.3) is 15.9 Å². The van der Waals surface area contributed by atoms with Gasteiger partial charge >= 0.3 is 0 Å². The summed E-state index contributed by atoms with van der Waals surface area (Å²) in [6.45, 7) is 6.54. The highest BCUT2D eigenvalue weighted by atomic mass is 32.2. The third-order valence-electron chi connectivity index (χ3n) is 8.26. The summed E-state index contributed by atoms with van der Waals surface area (Å²) in [6.07, 6.45) is 3.31. The number of amidine groups is 1. The van der Waals surface area contributed by atoms with Crippen LogP contribution in [-0.4, -0.2) is 41.7 Å². The number of rotatable bonds is 10. The van der Waals surface area contributed by atoms with Gasteiger partial charge in [-0.3, -0.25) is 14.7 Å². The van der Waals surface area contributed by atoms with E-state index in [4.69, 9.17) is 9.52 Å². The Morgan fingerprint density at radius 3 is 2.45 bits per heavy atom. The molecule has 0 saturated heterocycles. The largest absolute Gasteiger partial charge is 0.337 e. The minimum absolute atomic E-state index is 0.0259. The first-order valence-corrected chi connectivity index (χ1v) is 15.8. The number of nitrogens with zero attached hydrogens (tertiary/aromatic N) is 3. The normalized spacial score (nSPS) is 16.9. The van der Waals surface area contributed by atoms with E-state index in [1.807, 2.05) is 25.1 Å². The summed E-state index contributed by atoms with van der Waals surface area (Å²) in [5.74, 6) is -2.47. The Morgan fingerprint density at radius 2 is 1.81 bits per heavy atom. The van der Waals surface area contributed by atoms with Crippen molar-refractivity contribution in [1.82, 2.24) is 10.1 Å². The predicted molar refractivity (Wildman–Crippen MR) is 157 cm³/mol. The van der Waals surface area contributed by atoms with Crippen LogP contribution < -0.4 is 4.72 Å². The number of amides is 1. The Labute approximate surface area is 245 Å². The summed E-state index contributed by atoms with van der Waals surface area (Å²) in [6, 6.07) is 12.4. The van der Waals surface area contributed by atoms with Crippen LogP contribution in [-0.2, 0) is 27.8 Å². The highest BCUT2D eigenvalue weighted by molar-refractivity contribution is 7.92. The van der Waals surface area contributed by atoms with Gasteiger partial charge in [0, 0.05) is 24.0 Å². The van der Waals surface area contributed by atoms with E-state index < -0.39 is 21.5 Å². The van der Waals surface area contributed by atoms with Gasteiger partial charge in [0.1, 0.15) is 11.4 Å². The van der Waals surface area contributed by atoms with Gasteiger partial charge in [0.2, 0.25) is 11.8 Å². The third kappa shape index (κ3) is 5.84. The number of nitrogens with one attached hydrogen (secondary N) is 1. The monoisotopic (exact) mass is 598 g/mol. The van der Waals surface area contributed by atoms with Crippen LogP contribution in [0.3, 0.4) is 0 Å². The van der Waals surface area contributed by atoms with E-state index in [9.17, 15) is 22.0 Å². The van der Waals surface area contributed by atoms with E-state index in [1.165, 1.54) is 0 Å². The number of anilines is 1. The molecule has 3 aromatic rings. The standard InChI is InChI=1S/C31H36F2N4O4S/c1-5-23-18-22(19-37-27(14-17-30(4,32)33)34-31(29(37)38)15-8-9-16-31)12-13-24(23)25-10-6-7-11-26(25)42(39,40)36-28-20(2)21(3)35-41-28/h6-7,10-13,18,36H,5,8-9,14-17,19H2,1-4H3.